The molecule has 0 fully saturated rings. The summed E-state index contributed by atoms with van der Waals surface area (Å²) >= 11 is 0. The lowest BCUT2D eigenvalue weighted by molar-refractivity contribution is 0.0745. The number of hydrogen-bond donors (Lipinski definition) is 0. The molecule has 0 radical (unpaired) electrons. The van der Waals surface area contributed by atoms with Crippen LogP contribution >= 0.6 is 0 Å². The van der Waals surface area contributed by atoms with Crippen LogP contribution in [0.2, 0.25) is 0 Å². The normalized spacial score (nSPS) is 16.3. The van der Waals surface area contributed by atoms with Crippen LogP contribution in [0.15, 0.2) is 30.6 Å². The van der Waals surface area contributed by atoms with Crippen molar-refractivity contribution >= 4 is 17.0 Å². The number of hydroxylamine groups is 1. The van der Waals surface area contributed by atoms with E-state index in [1.54, 1.807) is 16.9 Å². The third kappa shape index (κ3) is 3.19. The highest BCUT2D eigenvalue weighted by Crippen LogP contribution is 2.42. The number of rotatable bonds is 7. The molecule has 0 aromatic carbocycles. The first-order chi connectivity index (χ1) is 13.2. The molecule has 4 rings (SSSR count). The van der Waals surface area contributed by atoms with Gasteiger partial charge in [-0.3, -0.25) is 9.82 Å². The van der Waals surface area contributed by atoms with Gasteiger partial charge in [-0.25, -0.2) is 5.06 Å². The van der Waals surface area contributed by atoms with Gasteiger partial charge in [-0.2, -0.15) is 4.52 Å². The number of aromatic nitrogens is 5. The number of ether oxygens (including phenoxy) is 1. The minimum atomic E-state index is 0.0381. The Balaban J connectivity index is 1.51. The van der Waals surface area contributed by atoms with Crippen molar-refractivity contribution in [3.8, 4) is 0 Å². The molecule has 0 amide bonds. The van der Waals surface area contributed by atoms with Crippen molar-refractivity contribution in [2.75, 3.05) is 30.2 Å². The molecule has 1 unspecified atom stereocenters. The molecule has 9 heteroatoms. The van der Waals surface area contributed by atoms with Gasteiger partial charge in [0.25, 0.3) is 0 Å². The first-order valence-corrected chi connectivity index (χ1v) is 9.04. The fourth-order valence-corrected chi connectivity index (χ4v) is 3.53. The summed E-state index contributed by atoms with van der Waals surface area (Å²) in [6, 6.07) is 5.89. The molecule has 0 saturated carbocycles. The van der Waals surface area contributed by atoms with Gasteiger partial charge in [0.2, 0.25) is 0 Å². The van der Waals surface area contributed by atoms with E-state index in [1.165, 1.54) is 0 Å². The third-order valence-corrected chi connectivity index (χ3v) is 4.78. The van der Waals surface area contributed by atoms with E-state index in [0.29, 0.717) is 25.5 Å². The van der Waals surface area contributed by atoms with Gasteiger partial charge in [-0.05, 0) is 42.0 Å². The number of aryl methyl sites for hydroxylation is 1. The first-order valence-electron chi connectivity index (χ1n) is 9.04. The van der Waals surface area contributed by atoms with Gasteiger partial charge in [0, 0.05) is 31.9 Å². The van der Waals surface area contributed by atoms with E-state index in [1.807, 2.05) is 37.1 Å². The maximum absolute atomic E-state index is 5.96. The number of anilines is 2. The predicted molar refractivity (Wildman–Crippen MR) is 100 cm³/mol. The molecule has 3 aromatic heterocycles. The fourth-order valence-electron chi connectivity index (χ4n) is 3.53. The van der Waals surface area contributed by atoms with Crippen molar-refractivity contribution in [1.29, 1.82) is 0 Å². The quantitative estimate of drug-likeness (QED) is 0.585. The average Bonchev–Trinajstić information content (AvgIpc) is 3.25. The van der Waals surface area contributed by atoms with E-state index in [4.69, 9.17) is 9.57 Å². The summed E-state index contributed by atoms with van der Waals surface area (Å²) in [5.74, 6) is 0. The van der Waals surface area contributed by atoms with E-state index in [9.17, 15) is 0 Å². The van der Waals surface area contributed by atoms with Gasteiger partial charge in [0.1, 0.15) is 6.17 Å². The number of nitrogens with zero attached hydrogens (tertiary/aromatic N) is 7. The molecular weight excluding hydrogens is 346 g/mol. The molecule has 4 heterocycles. The number of pyridine rings is 2. The van der Waals surface area contributed by atoms with Gasteiger partial charge in [-0.1, -0.05) is 0 Å². The van der Waals surface area contributed by atoms with Gasteiger partial charge in [0.15, 0.2) is 5.65 Å². The molecule has 142 valence electrons. The molecule has 1 atom stereocenters. The van der Waals surface area contributed by atoms with E-state index >= 15 is 0 Å². The summed E-state index contributed by atoms with van der Waals surface area (Å²) in [7, 11) is 2.06. The average molecular weight is 369 g/mol. The van der Waals surface area contributed by atoms with E-state index in [0.717, 1.165) is 29.1 Å². The number of hydrogen-bond acceptors (Lipinski definition) is 8. The SMILES string of the molecule is CCON1c2cc3nnnn3c(C)c2N(C)C1CCOCc1ccncc1. The second kappa shape index (κ2) is 7.45. The Kier molecular flexibility index (Phi) is 4.87. The van der Waals surface area contributed by atoms with Crippen LogP contribution in [0.1, 0.15) is 24.6 Å². The van der Waals surface area contributed by atoms with Gasteiger partial charge in [-0.15, -0.1) is 5.10 Å². The standard InChI is InChI=1S/C18H23N7O2/c1-4-27-25-15-11-16-20-21-22-24(16)13(2)18(15)23(3)17(25)7-10-26-12-14-5-8-19-9-6-14/h5-6,8-9,11,17H,4,7,10,12H2,1-3H3. The fraction of sp³-hybridized carbons (Fsp3) is 0.444. The van der Waals surface area contributed by atoms with Crippen molar-refractivity contribution in [2.45, 2.75) is 33.0 Å². The van der Waals surface area contributed by atoms with Crippen molar-refractivity contribution in [3.63, 3.8) is 0 Å². The third-order valence-electron chi connectivity index (χ3n) is 4.78. The minimum Gasteiger partial charge on any atom is -0.377 e. The summed E-state index contributed by atoms with van der Waals surface area (Å²) in [5, 5.41) is 13.9. The highest BCUT2D eigenvalue weighted by molar-refractivity contribution is 5.81. The van der Waals surface area contributed by atoms with E-state index in [-0.39, 0.29) is 6.17 Å². The maximum atomic E-state index is 5.96. The van der Waals surface area contributed by atoms with Crippen molar-refractivity contribution < 1.29 is 9.57 Å². The van der Waals surface area contributed by atoms with Crippen molar-refractivity contribution in [3.05, 3.63) is 41.9 Å². The zero-order chi connectivity index (χ0) is 18.8. The van der Waals surface area contributed by atoms with E-state index < -0.39 is 0 Å². The lowest BCUT2D eigenvalue weighted by Gasteiger charge is -2.29. The molecule has 27 heavy (non-hydrogen) atoms. The molecular formula is C18H23N7O2. The monoisotopic (exact) mass is 369 g/mol. The molecule has 1 aliphatic rings. The topological polar surface area (TPSA) is 80.9 Å². The lowest BCUT2D eigenvalue weighted by atomic mass is 10.2. The second-order valence-electron chi connectivity index (χ2n) is 6.44. The Hall–Kier alpha value is -2.78. The van der Waals surface area contributed by atoms with Crippen molar-refractivity contribution in [2.24, 2.45) is 0 Å². The van der Waals surface area contributed by atoms with Crippen LogP contribution in [0, 0.1) is 6.92 Å². The second-order valence-corrected chi connectivity index (χ2v) is 6.44. The summed E-state index contributed by atoms with van der Waals surface area (Å²) < 4.78 is 7.62. The molecule has 3 aromatic rings. The summed E-state index contributed by atoms with van der Waals surface area (Å²) in [5.41, 5.74) is 4.87. The summed E-state index contributed by atoms with van der Waals surface area (Å²) in [4.78, 5) is 12.2. The zero-order valence-electron chi connectivity index (χ0n) is 15.7. The molecule has 0 N–H and O–H groups in total. The Bertz CT molecular complexity index is 915. The Morgan fingerprint density at radius 2 is 2.04 bits per heavy atom. The van der Waals surface area contributed by atoms with Crippen LogP contribution in [-0.4, -0.2) is 51.5 Å². The lowest BCUT2D eigenvalue weighted by Crippen LogP contribution is -2.42. The summed E-state index contributed by atoms with van der Waals surface area (Å²) in [6.07, 6.45) is 4.39. The van der Waals surface area contributed by atoms with Crippen LogP contribution < -0.4 is 9.96 Å². The van der Waals surface area contributed by atoms with Crippen LogP contribution in [-0.2, 0) is 16.2 Å². The molecule has 0 saturated heterocycles. The van der Waals surface area contributed by atoms with Crippen LogP contribution in [0.25, 0.3) is 5.65 Å². The number of tetrazole rings is 1. The van der Waals surface area contributed by atoms with Crippen LogP contribution in [0.4, 0.5) is 11.4 Å². The van der Waals surface area contributed by atoms with Gasteiger partial charge < -0.3 is 9.64 Å². The first kappa shape index (κ1) is 17.6. The smallest absolute Gasteiger partial charge is 0.181 e. The van der Waals surface area contributed by atoms with Crippen LogP contribution in [0.3, 0.4) is 0 Å². The highest BCUT2D eigenvalue weighted by Gasteiger charge is 2.37. The Labute approximate surface area is 157 Å². The van der Waals surface area contributed by atoms with Crippen LogP contribution in [0.5, 0.6) is 0 Å². The number of fused-ring (bicyclic) bond motifs is 2. The summed E-state index contributed by atoms with van der Waals surface area (Å²) in [6.45, 7) is 5.77. The minimum absolute atomic E-state index is 0.0381. The largest absolute Gasteiger partial charge is 0.377 e. The molecule has 1 aliphatic heterocycles. The zero-order valence-corrected chi connectivity index (χ0v) is 15.7. The Morgan fingerprint density at radius 3 is 2.81 bits per heavy atom. The molecule has 0 spiro atoms. The van der Waals surface area contributed by atoms with Gasteiger partial charge in [0.05, 0.1) is 36.9 Å². The Morgan fingerprint density at radius 1 is 1.22 bits per heavy atom. The maximum Gasteiger partial charge on any atom is 0.181 e. The van der Waals surface area contributed by atoms with Crippen molar-refractivity contribution in [1.82, 2.24) is 25.0 Å². The predicted octanol–water partition coefficient (Wildman–Crippen LogP) is 1.97. The highest BCUT2D eigenvalue weighted by atomic mass is 16.7. The van der Waals surface area contributed by atoms with E-state index in [2.05, 4.69) is 32.5 Å². The van der Waals surface area contributed by atoms with Gasteiger partial charge >= 0.3 is 0 Å². The molecule has 0 aliphatic carbocycles. The molecule has 0 bridgehead atoms. The molecule has 9 nitrogen and oxygen atoms in total.